The third-order valence-electron chi connectivity index (χ3n) is 6.52. The average Bonchev–Trinajstić information content (AvgIpc) is 3.39. The molecular formula is C23H22ClN5O2. The first-order chi connectivity index (χ1) is 15.0. The van der Waals surface area contributed by atoms with Crippen molar-refractivity contribution in [2.24, 2.45) is 0 Å². The monoisotopic (exact) mass is 435 g/mol. The molecule has 2 aliphatic rings. The van der Waals surface area contributed by atoms with Crippen LogP contribution in [0.2, 0.25) is 5.15 Å². The van der Waals surface area contributed by atoms with Gasteiger partial charge in [-0.2, -0.15) is 0 Å². The van der Waals surface area contributed by atoms with Crippen molar-refractivity contribution >= 4 is 33.9 Å². The summed E-state index contributed by atoms with van der Waals surface area (Å²) in [5.74, 6) is 0. The van der Waals surface area contributed by atoms with Crippen LogP contribution in [0.25, 0.3) is 27.9 Å². The molecule has 31 heavy (non-hydrogen) atoms. The van der Waals surface area contributed by atoms with Crippen molar-refractivity contribution < 1.29 is 4.42 Å². The second-order valence-electron chi connectivity index (χ2n) is 8.45. The Morgan fingerprint density at radius 2 is 2.03 bits per heavy atom. The van der Waals surface area contributed by atoms with Crippen LogP contribution in [0.4, 0.5) is 5.69 Å². The molecule has 0 radical (unpaired) electrons. The Bertz CT molecular complexity index is 1380. The lowest BCUT2D eigenvalue weighted by atomic mass is 10.1. The van der Waals surface area contributed by atoms with E-state index < -0.39 is 5.63 Å². The van der Waals surface area contributed by atoms with E-state index in [2.05, 4.69) is 25.8 Å². The highest BCUT2D eigenvalue weighted by Crippen LogP contribution is 2.29. The van der Waals surface area contributed by atoms with Gasteiger partial charge < -0.3 is 13.7 Å². The first-order valence-corrected chi connectivity index (χ1v) is 11.0. The molecule has 158 valence electrons. The van der Waals surface area contributed by atoms with Crippen LogP contribution in [0.15, 0.2) is 45.9 Å². The van der Waals surface area contributed by atoms with Crippen LogP contribution in [0.3, 0.4) is 0 Å². The number of hydrogen-bond donors (Lipinski definition) is 0. The molecule has 0 saturated carbocycles. The zero-order valence-corrected chi connectivity index (χ0v) is 18.0. The van der Waals surface area contributed by atoms with Gasteiger partial charge in [-0.15, -0.1) is 0 Å². The third kappa shape index (κ3) is 3.20. The van der Waals surface area contributed by atoms with Crippen LogP contribution in [0.1, 0.15) is 18.5 Å². The lowest BCUT2D eigenvalue weighted by Gasteiger charge is -2.38. The lowest BCUT2D eigenvalue weighted by molar-refractivity contribution is 0.231. The summed E-state index contributed by atoms with van der Waals surface area (Å²) in [5.41, 5.74) is 3.66. The number of aromatic nitrogens is 3. The van der Waals surface area contributed by atoms with Crippen LogP contribution in [0.5, 0.6) is 0 Å². The average molecular weight is 436 g/mol. The van der Waals surface area contributed by atoms with Crippen molar-refractivity contribution in [3.05, 3.63) is 57.9 Å². The van der Waals surface area contributed by atoms with Gasteiger partial charge in [0.05, 0.1) is 17.0 Å². The minimum atomic E-state index is -0.398. The minimum absolute atomic E-state index is 0.380. The standard InChI is InChI=1S/C23H22ClN5O2/c1-14-22-26-19(12-29(22)13-21(24)25-14)18-9-15-4-5-16(10-20(15)31-23(18)30)28-8-7-27-6-2-3-17(27)11-28/h4-5,9-10,12-13,17H,2-3,6-8,11H2,1H3. The quantitative estimate of drug-likeness (QED) is 0.447. The number of aryl methyl sites for hydroxylation is 1. The van der Waals surface area contributed by atoms with Crippen molar-refractivity contribution in [2.45, 2.75) is 25.8 Å². The van der Waals surface area contributed by atoms with E-state index in [0.29, 0.717) is 39.4 Å². The van der Waals surface area contributed by atoms with E-state index in [4.69, 9.17) is 16.0 Å². The molecule has 0 spiro atoms. The SMILES string of the molecule is Cc1nc(Cl)cn2cc(-c3cc4ccc(N5CCN6CCCC6C5)cc4oc3=O)nc12. The number of hydrogen-bond acceptors (Lipinski definition) is 6. The summed E-state index contributed by atoms with van der Waals surface area (Å²) in [7, 11) is 0. The van der Waals surface area contributed by atoms with Gasteiger partial charge in [-0.3, -0.25) is 4.90 Å². The number of benzene rings is 1. The van der Waals surface area contributed by atoms with E-state index in [1.165, 1.54) is 19.4 Å². The Hall–Kier alpha value is -2.90. The molecule has 6 rings (SSSR count). The van der Waals surface area contributed by atoms with Crippen LogP contribution in [-0.4, -0.2) is 51.5 Å². The Labute approximate surface area is 183 Å². The molecule has 2 saturated heterocycles. The van der Waals surface area contributed by atoms with E-state index >= 15 is 0 Å². The highest BCUT2D eigenvalue weighted by Gasteiger charge is 2.30. The van der Waals surface area contributed by atoms with E-state index in [1.54, 1.807) is 16.8 Å². The summed E-state index contributed by atoms with van der Waals surface area (Å²) < 4.78 is 7.52. The smallest absolute Gasteiger partial charge is 0.345 e. The molecule has 0 N–H and O–H groups in total. The summed E-state index contributed by atoms with van der Waals surface area (Å²) in [4.78, 5) is 26.6. The zero-order valence-electron chi connectivity index (χ0n) is 17.2. The highest BCUT2D eigenvalue weighted by atomic mass is 35.5. The molecule has 0 bridgehead atoms. The molecule has 1 aromatic carbocycles. The van der Waals surface area contributed by atoms with Gasteiger partial charge in [0.1, 0.15) is 10.7 Å². The Morgan fingerprint density at radius 3 is 2.94 bits per heavy atom. The second-order valence-corrected chi connectivity index (χ2v) is 8.84. The predicted octanol–water partition coefficient (Wildman–Crippen LogP) is 3.75. The first-order valence-electron chi connectivity index (χ1n) is 10.6. The summed E-state index contributed by atoms with van der Waals surface area (Å²) >= 11 is 6.05. The van der Waals surface area contributed by atoms with Gasteiger partial charge >= 0.3 is 5.63 Å². The van der Waals surface area contributed by atoms with Crippen molar-refractivity contribution in [1.82, 2.24) is 19.3 Å². The number of piperazine rings is 1. The molecule has 5 heterocycles. The summed E-state index contributed by atoms with van der Waals surface area (Å²) in [6.07, 6.45) is 6.02. The number of rotatable bonds is 2. The van der Waals surface area contributed by atoms with Gasteiger partial charge in [0.2, 0.25) is 0 Å². The fourth-order valence-corrected chi connectivity index (χ4v) is 5.18. The fourth-order valence-electron chi connectivity index (χ4n) is 4.94. The number of imidazole rings is 1. The Morgan fingerprint density at radius 1 is 1.13 bits per heavy atom. The third-order valence-corrected chi connectivity index (χ3v) is 6.71. The molecule has 4 aromatic rings. The number of halogens is 1. The van der Waals surface area contributed by atoms with E-state index in [9.17, 15) is 4.79 Å². The van der Waals surface area contributed by atoms with Crippen molar-refractivity contribution in [1.29, 1.82) is 0 Å². The Kier molecular flexibility index (Phi) is 4.30. The largest absolute Gasteiger partial charge is 0.422 e. The molecule has 1 atom stereocenters. The normalized spacial score (nSPS) is 19.4. The summed E-state index contributed by atoms with van der Waals surface area (Å²) in [6.45, 7) is 6.19. The fraction of sp³-hybridized carbons (Fsp3) is 0.348. The van der Waals surface area contributed by atoms with Gasteiger partial charge in [0.15, 0.2) is 5.65 Å². The van der Waals surface area contributed by atoms with Gasteiger partial charge in [-0.05, 0) is 44.5 Å². The molecule has 0 aliphatic carbocycles. The molecule has 2 fully saturated rings. The molecule has 8 heteroatoms. The van der Waals surface area contributed by atoms with Crippen LogP contribution >= 0.6 is 11.6 Å². The van der Waals surface area contributed by atoms with Gasteiger partial charge in [-0.1, -0.05) is 11.6 Å². The molecule has 2 aliphatic heterocycles. The molecular weight excluding hydrogens is 414 g/mol. The van der Waals surface area contributed by atoms with E-state index in [-0.39, 0.29) is 0 Å². The number of fused-ring (bicyclic) bond motifs is 3. The molecule has 0 amide bonds. The van der Waals surface area contributed by atoms with Crippen LogP contribution < -0.4 is 10.5 Å². The highest BCUT2D eigenvalue weighted by molar-refractivity contribution is 6.29. The molecule has 3 aromatic heterocycles. The zero-order chi connectivity index (χ0) is 21.1. The minimum Gasteiger partial charge on any atom is -0.422 e. The second kappa shape index (κ2) is 7.07. The maximum atomic E-state index is 12.8. The summed E-state index contributed by atoms with van der Waals surface area (Å²) in [6, 6.07) is 8.63. The van der Waals surface area contributed by atoms with Gasteiger partial charge in [0, 0.05) is 55.2 Å². The maximum Gasteiger partial charge on any atom is 0.345 e. The Balaban J connectivity index is 1.37. The lowest BCUT2D eigenvalue weighted by Crippen LogP contribution is -2.50. The van der Waals surface area contributed by atoms with Crippen LogP contribution in [-0.2, 0) is 0 Å². The predicted molar refractivity (Wildman–Crippen MR) is 121 cm³/mol. The number of anilines is 1. The van der Waals surface area contributed by atoms with Gasteiger partial charge in [-0.25, -0.2) is 14.8 Å². The first kappa shape index (κ1) is 18.8. The van der Waals surface area contributed by atoms with Crippen molar-refractivity contribution in [3.63, 3.8) is 0 Å². The number of nitrogens with zero attached hydrogens (tertiary/aromatic N) is 5. The van der Waals surface area contributed by atoms with Crippen LogP contribution in [0, 0.1) is 6.92 Å². The van der Waals surface area contributed by atoms with E-state index in [1.807, 2.05) is 25.1 Å². The van der Waals surface area contributed by atoms with E-state index in [0.717, 1.165) is 30.7 Å². The van der Waals surface area contributed by atoms with Gasteiger partial charge in [0.25, 0.3) is 0 Å². The maximum absolute atomic E-state index is 12.8. The topological polar surface area (TPSA) is 66.9 Å². The van der Waals surface area contributed by atoms with Crippen molar-refractivity contribution in [2.75, 3.05) is 31.1 Å². The summed E-state index contributed by atoms with van der Waals surface area (Å²) in [5, 5.41) is 1.26. The van der Waals surface area contributed by atoms with Crippen molar-refractivity contribution in [3.8, 4) is 11.3 Å². The molecule has 1 unspecified atom stereocenters. The molecule has 7 nitrogen and oxygen atoms in total.